The van der Waals surface area contributed by atoms with Gasteiger partial charge in [-0.05, 0) is 34.5 Å². The summed E-state index contributed by atoms with van der Waals surface area (Å²) in [5.74, 6) is -1.27. The van der Waals surface area contributed by atoms with Gasteiger partial charge in [-0.25, -0.2) is 4.98 Å². The molecule has 4 nitrogen and oxygen atoms in total. The molecule has 0 unspecified atom stereocenters. The maximum absolute atomic E-state index is 13.2. The average Bonchev–Trinajstić information content (AvgIpc) is 2.71. The van der Waals surface area contributed by atoms with Gasteiger partial charge < -0.3 is 10.0 Å². The highest BCUT2D eigenvalue weighted by molar-refractivity contribution is 9.10. The van der Waals surface area contributed by atoms with Crippen LogP contribution >= 0.6 is 29.4 Å². The first-order valence-electron chi connectivity index (χ1n) is 4.87. The molecule has 1 fully saturated rings. The fraction of sp³-hybridized carbons (Fsp3) is 0.400. The number of carboxylic acid groups (broad SMARTS) is 1. The van der Waals surface area contributed by atoms with Crippen molar-refractivity contribution < 1.29 is 14.3 Å². The molecule has 0 amide bonds. The van der Waals surface area contributed by atoms with Gasteiger partial charge in [0.25, 0.3) is 0 Å². The standard InChI is InChI=1S/C10H10BrFN2O2.H2S/c11-7-1-2-8(13-9(7)12)14-4-3-6(5-14)10(15)16;/h1-2,6H,3-5H2,(H,15,16);1H2/t6-;/m0./s1. The van der Waals surface area contributed by atoms with Gasteiger partial charge in [-0.15, -0.1) is 0 Å². The first-order chi connectivity index (χ1) is 7.58. The maximum atomic E-state index is 13.2. The molecule has 1 saturated heterocycles. The largest absolute Gasteiger partial charge is 0.481 e. The highest BCUT2D eigenvalue weighted by Gasteiger charge is 2.28. The van der Waals surface area contributed by atoms with Crippen molar-refractivity contribution in [2.24, 2.45) is 5.92 Å². The van der Waals surface area contributed by atoms with Crippen LogP contribution in [0.5, 0.6) is 0 Å². The lowest BCUT2D eigenvalue weighted by atomic mass is 10.1. The van der Waals surface area contributed by atoms with Crippen molar-refractivity contribution in [2.45, 2.75) is 6.42 Å². The van der Waals surface area contributed by atoms with E-state index in [0.29, 0.717) is 29.8 Å². The molecule has 0 saturated carbocycles. The van der Waals surface area contributed by atoms with E-state index in [1.165, 1.54) is 0 Å². The van der Waals surface area contributed by atoms with Crippen LogP contribution < -0.4 is 4.90 Å². The Morgan fingerprint density at radius 2 is 2.29 bits per heavy atom. The minimum Gasteiger partial charge on any atom is -0.481 e. The normalized spacial score (nSPS) is 18.9. The van der Waals surface area contributed by atoms with E-state index in [1.54, 1.807) is 17.0 Å². The highest BCUT2D eigenvalue weighted by Crippen LogP contribution is 2.24. The number of hydrogen-bond donors (Lipinski definition) is 1. The van der Waals surface area contributed by atoms with E-state index in [0.717, 1.165) is 0 Å². The fourth-order valence-electron chi connectivity index (χ4n) is 1.75. The molecule has 1 aromatic rings. The number of halogens is 2. The molecule has 2 heterocycles. The van der Waals surface area contributed by atoms with Gasteiger partial charge in [0.05, 0.1) is 10.4 Å². The smallest absolute Gasteiger partial charge is 0.308 e. The van der Waals surface area contributed by atoms with E-state index in [-0.39, 0.29) is 19.4 Å². The molecule has 0 radical (unpaired) electrons. The summed E-state index contributed by atoms with van der Waals surface area (Å²) >= 11 is 3.02. The third-order valence-electron chi connectivity index (χ3n) is 2.65. The summed E-state index contributed by atoms with van der Waals surface area (Å²) in [5.41, 5.74) is 0. The third kappa shape index (κ3) is 3.10. The molecule has 1 N–H and O–H groups in total. The van der Waals surface area contributed by atoms with Crippen molar-refractivity contribution in [1.82, 2.24) is 4.98 Å². The minimum atomic E-state index is -0.805. The van der Waals surface area contributed by atoms with Crippen molar-refractivity contribution >= 4 is 41.2 Å². The number of hydrogen-bond acceptors (Lipinski definition) is 3. The Balaban J connectivity index is 0.00000144. The number of aromatic nitrogens is 1. The van der Waals surface area contributed by atoms with Gasteiger partial charge in [0.2, 0.25) is 5.95 Å². The molecule has 1 aliphatic rings. The second-order valence-corrected chi connectivity index (χ2v) is 4.57. The topological polar surface area (TPSA) is 53.4 Å². The molecule has 1 aromatic heterocycles. The molecular weight excluding hydrogens is 311 g/mol. The van der Waals surface area contributed by atoms with Crippen LogP contribution in [0.1, 0.15) is 6.42 Å². The second kappa shape index (κ2) is 5.68. The molecule has 1 aliphatic heterocycles. The first kappa shape index (κ1) is 14.2. The number of rotatable bonds is 2. The molecule has 1 atom stereocenters. The van der Waals surface area contributed by atoms with Crippen molar-refractivity contribution in [1.29, 1.82) is 0 Å². The number of carboxylic acids is 1. The predicted octanol–water partition coefficient (Wildman–Crippen LogP) is 2.01. The molecule has 0 spiro atoms. The average molecular weight is 323 g/mol. The third-order valence-corrected chi connectivity index (χ3v) is 3.24. The predicted molar refractivity (Wildman–Crippen MR) is 70.2 cm³/mol. The number of carbonyl (C=O) groups is 1. The Bertz CT molecular complexity index is 433. The lowest BCUT2D eigenvalue weighted by Gasteiger charge is -2.16. The van der Waals surface area contributed by atoms with Crippen LogP contribution in [0.2, 0.25) is 0 Å². The quantitative estimate of drug-likeness (QED) is 0.846. The second-order valence-electron chi connectivity index (χ2n) is 3.71. The molecule has 17 heavy (non-hydrogen) atoms. The van der Waals surface area contributed by atoms with E-state index in [4.69, 9.17) is 5.11 Å². The molecular formula is C10H12BrFN2O2S. The van der Waals surface area contributed by atoms with Gasteiger partial charge in [0, 0.05) is 13.1 Å². The zero-order valence-electron chi connectivity index (χ0n) is 8.86. The van der Waals surface area contributed by atoms with Crippen LogP contribution in [0.3, 0.4) is 0 Å². The molecule has 0 bridgehead atoms. The summed E-state index contributed by atoms with van der Waals surface area (Å²) in [7, 11) is 0. The summed E-state index contributed by atoms with van der Waals surface area (Å²) in [4.78, 5) is 16.3. The van der Waals surface area contributed by atoms with E-state index in [1.807, 2.05) is 0 Å². The van der Waals surface area contributed by atoms with Gasteiger partial charge in [0.1, 0.15) is 5.82 Å². The molecule has 0 aliphatic carbocycles. The Labute approximate surface area is 113 Å². The Kier molecular flexibility index (Phi) is 4.76. The van der Waals surface area contributed by atoms with E-state index in [9.17, 15) is 9.18 Å². The molecule has 7 heteroatoms. The van der Waals surface area contributed by atoms with Crippen LogP contribution in [0, 0.1) is 11.9 Å². The summed E-state index contributed by atoms with van der Waals surface area (Å²) in [5, 5.41) is 8.85. The lowest BCUT2D eigenvalue weighted by Crippen LogP contribution is -2.23. The minimum absolute atomic E-state index is 0. The number of nitrogens with zero attached hydrogens (tertiary/aromatic N) is 2. The van der Waals surface area contributed by atoms with Gasteiger partial charge in [0.15, 0.2) is 0 Å². The fourth-order valence-corrected chi connectivity index (χ4v) is 1.97. The zero-order valence-corrected chi connectivity index (χ0v) is 11.4. The number of pyridine rings is 1. The van der Waals surface area contributed by atoms with E-state index >= 15 is 0 Å². The molecule has 94 valence electrons. The Hall–Kier alpha value is -0.820. The first-order valence-corrected chi connectivity index (χ1v) is 5.67. The lowest BCUT2D eigenvalue weighted by molar-refractivity contribution is -0.140. The summed E-state index contributed by atoms with van der Waals surface area (Å²) in [6.07, 6.45) is 0.578. The van der Waals surface area contributed by atoms with Gasteiger partial charge in [-0.1, -0.05) is 0 Å². The van der Waals surface area contributed by atoms with E-state index < -0.39 is 11.9 Å². The summed E-state index contributed by atoms with van der Waals surface area (Å²) < 4.78 is 13.5. The van der Waals surface area contributed by atoms with Gasteiger partial charge in [-0.3, -0.25) is 4.79 Å². The monoisotopic (exact) mass is 322 g/mol. The van der Waals surface area contributed by atoms with E-state index in [2.05, 4.69) is 20.9 Å². The number of anilines is 1. The van der Waals surface area contributed by atoms with Crippen molar-refractivity contribution in [3.63, 3.8) is 0 Å². The highest BCUT2D eigenvalue weighted by atomic mass is 79.9. The van der Waals surface area contributed by atoms with Crippen LogP contribution in [0.15, 0.2) is 16.6 Å². The van der Waals surface area contributed by atoms with Crippen molar-refractivity contribution in [3.05, 3.63) is 22.6 Å². The van der Waals surface area contributed by atoms with Crippen LogP contribution in [-0.4, -0.2) is 29.1 Å². The maximum Gasteiger partial charge on any atom is 0.308 e. The Morgan fingerprint density at radius 3 is 2.82 bits per heavy atom. The van der Waals surface area contributed by atoms with Crippen LogP contribution in [-0.2, 0) is 4.79 Å². The Morgan fingerprint density at radius 1 is 1.59 bits per heavy atom. The molecule has 0 aromatic carbocycles. The van der Waals surface area contributed by atoms with Gasteiger partial charge >= 0.3 is 5.97 Å². The SMILES string of the molecule is O=C(O)[C@H]1CCN(c2ccc(Br)c(F)n2)C1.S. The van der Waals surface area contributed by atoms with Crippen LogP contribution in [0.25, 0.3) is 0 Å². The van der Waals surface area contributed by atoms with Gasteiger partial charge in [-0.2, -0.15) is 17.9 Å². The van der Waals surface area contributed by atoms with Crippen LogP contribution in [0.4, 0.5) is 10.2 Å². The number of aliphatic carboxylic acids is 1. The molecule has 2 rings (SSSR count). The van der Waals surface area contributed by atoms with Crippen molar-refractivity contribution in [2.75, 3.05) is 18.0 Å². The summed E-state index contributed by atoms with van der Waals surface area (Å²) in [6, 6.07) is 3.25. The zero-order chi connectivity index (χ0) is 11.7. The van der Waals surface area contributed by atoms with Crippen molar-refractivity contribution in [3.8, 4) is 0 Å². The summed E-state index contributed by atoms with van der Waals surface area (Å²) in [6.45, 7) is 0.994.